The third kappa shape index (κ3) is 2.73. The summed E-state index contributed by atoms with van der Waals surface area (Å²) in [7, 11) is 0. The second-order valence-corrected chi connectivity index (χ2v) is 3.77. The third-order valence-electron chi connectivity index (χ3n) is 2.60. The summed E-state index contributed by atoms with van der Waals surface area (Å²) in [6.45, 7) is 0.289. The molecule has 0 bridgehead atoms. The standard InChI is InChI=1S/C13H15N3O/c14-10-12(11-6-2-1-3-7-11)13(17)15-16-8-4-5-9-16/h1-9,12H,10,14H2,(H,15,17). The Bertz CT molecular complexity index is 465. The van der Waals surface area contributed by atoms with Crippen LogP contribution in [0, 0.1) is 0 Å². The first-order valence-electron chi connectivity index (χ1n) is 5.50. The minimum Gasteiger partial charge on any atom is -0.329 e. The van der Waals surface area contributed by atoms with Crippen molar-refractivity contribution >= 4 is 5.91 Å². The molecule has 1 atom stereocenters. The third-order valence-corrected chi connectivity index (χ3v) is 2.60. The quantitative estimate of drug-likeness (QED) is 0.830. The number of rotatable bonds is 4. The molecule has 0 aliphatic carbocycles. The van der Waals surface area contributed by atoms with E-state index in [0.29, 0.717) is 0 Å². The summed E-state index contributed by atoms with van der Waals surface area (Å²) >= 11 is 0. The number of nitrogens with one attached hydrogen (secondary N) is 1. The van der Waals surface area contributed by atoms with Crippen molar-refractivity contribution in [1.82, 2.24) is 4.68 Å². The lowest BCUT2D eigenvalue weighted by Crippen LogP contribution is -2.31. The van der Waals surface area contributed by atoms with E-state index in [-0.39, 0.29) is 18.4 Å². The number of nitrogens with zero attached hydrogens (tertiary/aromatic N) is 1. The van der Waals surface area contributed by atoms with Gasteiger partial charge in [0.1, 0.15) is 0 Å². The predicted molar refractivity (Wildman–Crippen MR) is 67.0 cm³/mol. The largest absolute Gasteiger partial charge is 0.329 e. The molecule has 0 saturated heterocycles. The Morgan fingerprint density at radius 2 is 1.82 bits per heavy atom. The number of hydrogen-bond acceptors (Lipinski definition) is 2. The summed E-state index contributed by atoms with van der Waals surface area (Å²) in [5.41, 5.74) is 9.36. The van der Waals surface area contributed by atoms with Crippen LogP contribution in [0.3, 0.4) is 0 Å². The lowest BCUT2D eigenvalue weighted by atomic mass is 9.99. The van der Waals surface area contributed by atoms with E-state index in [4.69, 9.17) is 5.73 Å². The second kappa shape index (κ2) is 5.32. The minimum absolute atomic E-state index is 0.102. The van der Waals surface area contributed by atoms with E-state index < -0.39 is 0 Å². The molecule has 0 fully saturated rings. The van der Waals surface area contributed by atoms with Gasteiger partial charge < -0.3 is 5.73 Å². The normalized spacial score (nSPS) is 12.1. The van der Waals surface area contributed by atoms with Gasteiger partial charge >= 0.3 is 0 Å². The van der Waals surface area contributed by atoms with Crippen molar-refractivity contribution in [1.29, 1.82) is 0 Å². The Hall–Kier alpha value is -2.07. The molecule has 1 heterocycles. The number of carbonyl (C=O) groups excluding carboxylic acids is 1. The molecule has 0 aliphatic heterocycles. The fraction of sp³-hybridized carbons (Fsp3) is 0.154. The molecule has 0 aliphatic rings. The first kappa shape index (κ1) is 11.4. The summed E-state index contributed by atoms with van der Waals surface area (Å²) < 4.78 is 1.62. The molecule has 1 aromatic heterocycles. The molecule has 4 heteroatoms. The van der Waals surface area contributed by atoms with E-state index in [1.807, 2.05) is 42.5 Å². The first-order valence-corrected chi connectivity index (χ1v) is 5.50. The van der Waals surface area contributed by atoms with Crippen LogP contribution in [0.25, 0.3) is 0 Å². The second-order valence-electron chi connectivity index (χ2n) is 3.77. The van der Waals surface area contributed by atoms with Crippen molar-refractivity contribution in [2.45, 2.75) is 5.92 Å². The number of hydrogen-bond donors (Lipinski definition) is 2. The Labute approximate surface area is 100 Å². The zero-order valence-corrected chi connectivity index (χ0v) is 9.41. The Balaban J connectivity index is 2.11. The zero-order chi connectivity index (χ0) is 12.1. The van der Waals surface area contributed by atoms with Crippen LogP contribution in [0.15, 0.2) is 54.9 Å². The van der Waals surface area contributed by atoms with Crippen molar-refractivity contribution in [2.24, 2.45) is 5.73 Å². The summed E-state index contributed by atoms with van der Waals surface area (Å²) in [6.07, 6.45) is 3.55. The highest BCUT2D eigenvalue weighted by atomic mass is 16.2. The molecule has 4 nitrogen and oxygen atoms in total. The molecule has 17 heavy (non-hydrogen) atoms. The Kier molecular flexibility index (Phi) is 3.57. The van der Waals surface area contributed by atoms with E-state index in [0.717, 1.165) is 5.56 Å². The molecule has 1 aromatic carbocycles. The van der Waals surface area contributed by atoms with Crippen LogP contribution in [0.4, 0.5) is 0 Å². The van der Waals surface area contributed by atoms with Crippen molar-refractivity contribution in [3.05, 3.63) is 60.4 Å². The van der Waals surface area contributed by atoms with E-state index in [9.17, 15) is 4.79 Å². The molecule has 88 valence electrons. The molecular formula is C13H15N3O. The van der Waals surface area contributed by atoms with Gasteiger partial charge in [0.25, 0.3) is 0 Å². The van der Waals surface area contributed by atoms with Gasteiger partial charge in [-0.15, -0.1) is 0 Å². The highest BCUT2D eigenvalue weighted by molar-refractivity contribution is 5.90. The highest BCUT2D eigenvalue weighted by Crippen LogP contribution is 2.14. The van der Waals surface area contributed by atoms with Crippen LogP contribution in [0.1, 0.15) is 11.5 Å². The van der Waals surface area contributed by atoms with Crippen molar-refractivity contribution in [3.8, 4) is 0 Å². The number of benzene rings is 1. The molecule has 0 spiro atoms. The van der Waals surface area contributed by atoms with Crippen molar-refractivity contribution in [2.75, 3.05) is 12.0 Å². The van der Waals surface area contributed by atoms with Gasteiger partial charge in [-0.2, -0.15) is 0 Å². The first-order chi connectivity index (χ1) is 8.31. The average Bonchev–Trinajstić information content (AvgIpc) is 2.84. The van der Waals surface area contributed by atoms with Crippen LogP contribution in [-0.4, -0.2) is 17.1 Å². The van der Waals surface area contributed by atoms with E-state index in [1.165, 1.54) is 0 Å². The van der Waals surface area contributed by atoms with Crippen molar-refractivity contribution < 1.29 is 4.79 Å². The van der Waals surface area contributed by atoms with Gasteiger partial charge in [-0.3, -0.25) is 14.9 Å². The van der Waals surface area contributed by atoms with Crippen molar-refractivity contribution in [3.63, 3.8) is 0 Å². The monoisotopic (exact) mass is 229 g/mol. The summed E-state index contributed by atoms with van der Waals surface area (Å²) in [6, 6.07) is 13.2. The number of carbonyl (C=O) groups is 1. The van der Waals surface area contributed by atoms with Gasteiger partial charge in [0, 0.05) is 18.9 Å². The molecule has 2 rings (SSSR count). The molecule has 1 amide bonds. The van der Waals surface area contributed by atoms with Gasteiger partial charge in [0.15, 0.2) is 0 Å². The summed E-state index contributed by atoms with van der Waals surface area (Å²) in [5.74, 6) is -0.423. The lowest BCUT2D eigenvalue weighted by molar-refractivity contribution is -0.118. The number of amides is 1. The van der Waals surface area contributed by atoms with Crippen LogP contribution < -0.4 is 11.2 Å². The molecule has 2 aromatic rings. The highest BCUT2D eigenvalue weighted by Gasteiger charge is 2.18. The lowest BCUT2D eigenvalue weighted by Gasteiger charge is -2.15. The van der Waals surface area contributed by atoms with E-state index in [2.05, 4.69) is 5.43 Å². The topological polar surface area (TPSA) is 60.1 Å². The number of nitrogens with two attached hydrogens (primary N) is 1. The smallest absolute Gasteiger partial charge is 0.247 e. The van der Waals surface area contributed by atoms with Gasteiger partial charge in [-0.05, 0) is 17.7 Å². The van der Waals surface area contributed by atoms with Crippen LogP contribution >= 0.6 is 0 Å². The zero-order valence-electron chi connectivity index (χ0n) is 9.41. The summed E-state index contributed by atoms with van der Waals surface area (Å²) in [5, 5.41) is 0. The molecule has 0 saturated carbocycles. The Morgan fingerprint density at radius 1 is 1.18 bits per heavy atom. The van der Waals surface area contributed by atoms with E-state index >= 15 is 0 Å². The van der Waals surface area contributed by atoms with Crippen LogP contribution in [0.5, 0.6) is 0 Å². The molecule has 0 radical (unpaired) electrons. The fourth-order valence-corrected chi connectivity index (χ4v) is 1.69. The molecule has 1 unspecified atom stereocenters. The summed E-state index contributed by atoms with van der Waals surface area (Å²) in [4.78, 5) is 12.0. The van der Waals surface area contributed by atoms with E-state index in [1.54, 1.807) is 17.1 Å². The molecule has 3 N–H and O–H groups in total. The predicted octanol–water partition coefficient (Wildman–Crippen LogP) is 1.30. The van der Waals surface area contributed by atoms with Crippen LogP contribution in [0.2, 0.25) is 0 Å². The maximum absolute atomic E-state index is 12.0. The fourth-order valence-electron chi connectivity index (χ4n) is 1.69. The van der Waals surface area contributed by atoms with Gasteiger partial charge in [0.2, 0.25) is 5.91 Å². The maximum atomic E-state index is 12.0. The van der Waals surface area contributed by atoms with Gasteiger partial charge in [-0.25, -0.2) is 0 Å². The Morgan fingerprint density at radius 3 is 2.41 bits per heavy atom. The SMILES string of the molecule is NCC(C(=O)Nn1cccc1)c1ccccc1. The van der Waals surface area contributed by atoms with Gasteiger partial charge in [0.05, 0.1) is 5.92 Å². The minimum atomic E-state index is -0.321. The number of aromatic nitrogens is 1. The van der Waals surface area contributed by atoms with Crippen LogP contribution in [-0.2, 0) is 4.79 Å². The maximum Gasteiger partial charge on any atom is 0.247 e. The van der Waals surface area contributed by atoms with Gasteiger partial charge in [-0.1, -0.05) is 30.3 Å². The molecular weight excluding hydrogens is 214 g/mol. The average molecular weight is 229 g/mol.